The highest BCUT2D eigenvalue weighted by atomic mass is 35.5. The van der Waals surface area contributed by atoms with Gasteiger partial charge in [0.1, 0.15) is 11.6 Å². The Balaban J connectivity index is 2.95. The van der Waals surface area contributed by atoms with Crippen molar-refractivity contribution in [3.05, 3.63) is 34.2 Å². The molecular weight excluding hydrogens is 363 g/mol. The standard InChI is InChI=1S/C18H24ClFN2O4/c1-6-12(17(23)25-7-2)11(5)21-18(24)22-15-9-16(26-10(3)4)13(19)8-14(15)20/h8-10H,6-7H2,1-5H3,(H2,21,22,24)/b12-11-. The average Bonchev–Trinajstić information content (AvgIpc) is 2.52. The molecule has 1 aromatic carbocycles. The molecule has 0 aliphatic carbocycles. The van der Waals surface area contributed by atoms with E-state index in [1.807, 2.05) is 0 Å². The molecule has 0 aromatic heterocycles. The Morgan fingerprint density at radius 3 is 2.46 bits per heavy atom. The van der Waals surface area contributed by atoms with E-state index in [1.54, 1.807) is 34.6 Å². The van der Waals surface area contributed by atoms with Crippen LogP contribution in [0.4, 0.5) is 14.9 Å². The highest BCUT2D eigenvalue weighted by Gasteiger charge is 2.16. The number of amides is 2. The highest BCUT2D eigenvalue weighted by molar-refractivity contribution is 6.32. The lowest BCUT2D eigenvalue weighted by atomic mass is 10.1. The van der Waals surface area contributed by atoms with Crippen LogP contribution >= 0.6 is 11.6 Å². The fraction of sp³-hybridized carbons (Fsp3) is 0.444. The summed E-state index contributed by atoms with van der Waals surface area (Å²) in [4.78, 5) is 24.0. The Labute approximate surface area is 157 Å². The van der Waals surface area contributed by atoms with Crippen molar-refractivity contribution in [2.75, 3.05) is 11.9 Å². The van der Waals surface area contributed by atoms with Crippen LogP contribution in [0.25, 0.3) is 0 Å². The smallest absolute Gasteiger partial charge is 0.335 e. The van der Waals surface area contributed by atoms with Crippen LogP contribution in [0.1, 0.15) is 41.0 Å². The van der Waals surface area contributed by atoms with Gasteiger partial charge in [-0.1, -0.05) is 18.5 Å². The SMILES string of the molecule is CCOC(=O)/C(CC)=C(/C)NC(=O)Nc1cc(OC(C)C)c(Cl)cc1F. The Bertz CT molecular complexity index is 705. The van der Waals surface area contributed by atoms with E-state index in [-0.39, 0.29) is 29.2 Å². The average molecular weight is 387 g/mol. The zero-order chi connectivity index (χ0) is 19.9. The van der Waals surface area contributed by atoms with Gasteiger partial charge in [0.2, 0.25) is 0 Å². The molecule has 0 aliphatic heterocycles. The molecule has 6 nitrogen and oxygen atoms in total. The minimum atomic E-state index is -0.705. The molecule has 0 radical (unpaired) electrons. The number of ether oxygens (including phenoxy) is 2. The summed E-state index contributed by atoms with van der Waals surface area (Å²) in [5.74, 6) is -0.950. The molecule has 2 amide bonds. The Morgan fingerprint density at radius 2 is 1.92 bits per heavy atom. The Morgan fingerprint density at radius 1 is 1.27 bits per heavy atom. The van der Waals surface area contributed by atoms with E-state index in [9.17, 15) is 14.0 Å². The molecule has 8 heteroatoms. The van der Waals surface area contributed by atoms with Gasteiger partial charge in [0.05, 0.1) is 29.0 Å². The molecule has 0 saturated heterocycles. The van der Waals surface area contributed by atoms with Crippen LogP contribution in [0.5, 0.6) is 5.75 Å². The third-order valence-corrected chi connectivity index (χ3v) is 3.56. The number of allylic oxidation sites excluding steroid dienone is 1. The van der Waals surface area contributed by atoms with E-state index in [4.69, 9.17) is 21.1 Å². The molecule has 0 spiro atoms. The highest BCUT2D eigenvalue weighted by Crippen LogP contribution is 2.31. The number of benzene rings is 1. The molecule has 144 valence electrons. The van der Waals surface area contributed by atoms with Gasteiger partial charge in [0, 0.05) is 11.8 Å². The predicted molar refractivity (Wildman–Crippen MR) is 99.0 cm³/mol. The lowest BCUT2D eigenvalue weighted by Crippen LogP contribution is -2.29. The molecule has 26 heavy (non-hydrogen) atoms. The number of rotatable bonds is 7. The normalized spacial score (nSPS) is 11.7. The van der Waals surface area contributed by atoms with Crippen LogP contribution < -0.4 is 15.4 Å². The van der Waals surface area contributed by atoms with Crippen LogP contribution in [0.3, 0.4) is 0 Å². The fourth-order valence-corrected chi connectivity index (χ4v) is 2.34. The van der Waals surface area contributed by atoms with Gasteiger partial charge < -0.3 is 20.1 Å². The van der Waals surface area contributed by atoms with Gasteiger partial charge in [-0.15, -0.1) is 0 Å². The summed E-state index contributed by atoms with van der Waals surface area (Å²) >= 11 is 5.94. The van der Waals surface area contributed by atoms with Crippen molar-refractivity contribution in [1.82, 2.24) is 5.32 Å². The van der Waals surface area contributed by atoms with Crippen LogP contribution in [0, 0.1) is 5.82 Å². The van der Waals surface area contributed by atoms with Crippen LogP contribution in [-0.2, 0) is 9.53 Å². The number of hydrogen-bond acceptors (Lipinski definition) is 4. The molecule has 0 atom stereocenters. The van der Waals surface area contributed by atoms with Crippen molar-refractivity contribution < 1.29 is 23.5 Å². The lowest BCUT2D eigenvalue weighted by Gasteiger charge is -2.15. The third-order valence-electron chi connectivity index (χ3n) is 3.26. The molecule has 0 saturated carbocycles. The molecular formula is C18H24ClFN2O4. The summed E-state index contributed by atoms with van der Waals surface area (Å²) < 4.78 is 24.5. The molecule has 0 heterocycles. The van der Waals surface area contributed by atoms with Gasteiger partial charge in [0.15, 0.2) is 0 Å². The second-order valence-corrected chi connectivity index (χ2v) is 6.09. The maximum atomic E-state index is 14.1. The van der Waals surface area contributed by atoms with E-state index in [0.717, 1.165) is 6.07 Å². The summed E-state index contributed by atoms with van der Waals surface area (Å²) in [7, 11) is 0. The van der Waals surface area contributed by atoms with Crippen LogP contribution in [0.15, 0.2) is 23.4 Å². The number of esters is 1. The molecule has 1 rings (SSSR count). The summed E-state index contributed by atoms with van der Waals surface area (Å²) in [6.45, 7) is 8.87. The maximum Gasteiger partial charge on any atom is 0.335 e. The number of halogens is 2. The van der Waals surface area contributed by atoms with Crippen molar-refractivity contribution in [3.63, 3.8) is 0 Å². The second kappa shape index (κ2) is 10.0. The number of carbonyl (C=O) groups is 2. The number of nitrogens with one attached hydrogen (secondary N) is 2. The first kappa shape index (κ1) is 21.8. The molecule has 0 bridgehead atoms. The van der Waals surface area contributed by atoms with Gasteiger partial charge in [-0.25, -0.2) is 14.0 Å². The maximum absolute atomic E-state index is 14.1. The van der Waals surface area contributed by atoms with Crippen molar-refractivity contribution in [1.29, 1.82) is 0 Å². The van der Waals surface area contributed by atoms with Crippen molar-refractivity contribution in [2.24, 2.45) is 0 Å². The van der Waals surface area contributed by atoms with Crippen molar-refractivity contribution >= 4 is 29.3 Å². The monoisotopic (exact) mass is 386 g/mol. The molecule has 0 unspecified atom stereocenters. The van der Waals surface area contributed by atoms with Crippen LogP contribution in [-0.4, -0.2) is 24.7 Å². The number of anilines is 1. The zero-order valence-corrected chi connectivity index (χ0v) is 16.3. The van der Waals surface area contributed by atoms with Gasteiger partial charge in [-0.2, -0.15) is 0 Å². The van der Waals surface area contributed by atoms with Gasteiger partial charge in [-0.3, -0.25) is 0 Å². The third kappa shape index (κ3) is 6.22. The Kier molecular flexibility index (Phi) is 8.38. The van der Waals surface area contributed by atoms with E-state index in [0.29, 0.717) is 17.7 Å². The quantitative estimate of drug-likeness (QED) is 0.529. The van der Waals surface area contributed by atoms with E-state index in [2.05, 4.69) is 10.6 Å². The topological polar surface area (TPSA) is 76.7 Å². The predicted octanol–water partition coefficient (Wildman–Crippen LogP) is 4.63. The van der Waals surface area contributed by atoms with E-state index < -0.39 is 17.8 Å². The summed E-state index contributed by atoms with van der Waals surface area (Å²) in [5.41, 5.74) is 0.573. The first-order chi connectivity index (χ1) is 12.2. The largest absolute Gasteiger partial charge is 0.489 e. The van der Waals surface area contributed by atoms with Crippen molar-refractivity contribution in [2.45, 2.75) is 47.1 Å². The first-order valence-corrected chi connectivity index (χ1v) is 8.67. The zero-order valence-electron chi connectivity index (χ0n) is 15.5. The van der Waals surface area contributed by atoms with E-state index >= 15 is 0 Å². The summed E-state index contributed by atoms with van der Waals surface area (Å²) in [6, 6.07) is 1.67. The number of hydrogen-bond donors (Lipinski definition) is 2. The van der Waals surface area contributed by atoms with E-state index in [1.165, 1.54) is 6.07 Å². The molecule has 1 aromatic rings. The molecule has 0 aliphatic rings. The number of carbonyl (C=O) groups excluding carboxylic acids is 2. The van der Waals surface area contributed by atoms with Gasteiger partial charge in [-0.05, 0) is 40.2 Å². The minimum absolute atomic E-state index is 0.0930. The Hall–Kier alpha value is -2.28. The molecule has 0 fully saturated rings. The summed E-state index contributed by atoms with van der Waals surface area (Å²) in [6.07, 6.45) is 0.216. The van der Waals surface area contributed by atoms with Crippen molar-refractivity contribution in [3.8, 4) is 5.75 Å². The molecule has 2 N–H and O–H groups in total. The van der Waals surface area contributed by atoms with Gasteiger partial charge in [0.25, 0.3) is 0 Å². The van der Waals surface area contributed by atoms with Crippen LogP contribution in [0.2, 0.25) is 5.02 Å². The lowest BCUT2D eigenvalue weighted by molar-refractivity contribution is -0.138. The first-order valence-electron chi connectivity index (χ1n) is 8.30. The minimum Gasteiger partial charge on any atom is -0.489 e. The second-order valence-electron chi connectivity index (χ2n) is 5.69. The fourth-order valence-electron chi connectivity index (χ4n) is 2.15. The number of urea groups is 1. The summed E-state index contributed by atoms with van der Waals surface area (Å²) in [5, 5.41) is 5.00. The van der Waals surface area contributed by atoms with Gasteiger partial charge >= 0.3 is 12.0 Å².